The molecule has 1 amide bonds. The van der Waals surface area contributed by atoms with Gasteiger partial charge in [0.05, 0.1) is 19.2 Å². The van der Waals surface area contributed by atoms with Crippen molar-refractivity contribution in [2.24, 2.45) is 0 Å². The molecule has 0 aliphatic heterocycles. The largest absolute Gasteiger partial charge is 0.496 e. The van der Waals surface area contributed by atoms with E-state index in [1.54, 1.807) is 24.9 Å². The Hall–Kier alpha value is -2.66. The van der Waals surface area contributed by atoms with Gasteiger partial charge in [-0.15, -0.1) is 11.8 Å². The van der Waals surface area contributed by atoms with Crippen molar-refractivity contribution in [1.82, 2.24) is 5.32 Å². The lowest BCUT2D eigenvalue weighted by atomic mass is 10.1. The zero-order valence-electron chi connectivity index (χ0n) is 14.8. The second-order valence-electron chi connectivity index (χ2n) is 5.68. The molecule has 0 spiro atoms. The van der Waals surface area contributed by atoms with Crippen LogP contribution in [0.3, 0.4) is 0 Å². The van der Waals surface area contributed by atoms with Crippen LogP contribution in [-0.2, 0) is 0 Å². The number of thioether (sulfide) groups is 1. The van der Waals surface area contributed by atoms with Gasteiger partial charge in [0, 0.05) is 4.90 Å². The van der Waals surface area contributed by atoms with Crippen molar-refractivity contribution in [1.29, 1.82) is 0 Å². The number of ether oxygens (including phenoxy) is 2. The summed E-state index contributed by atoms with van der Waals surface area (Å²) >= 11 is 1.61. The summed E-state index contributed by atoms with van der Waals surface area (Å²) in [5.74, 6) is 1.20. The molecule has 0 aliphatic carbocycles. The summed E-state index contributed by atoms with van der Waals surface area (Å²) < 4.78 is 11.1. The van der Waals surface area contributed by atoms with Crippen LogP contribution in [0.1, 0.15) is 10.4 Å². The van der Waals surface area contributed by atoms with Gasteiger partial charge < -0.3 is 14.8 Å². The Morgan fingerprint density at radius 1 is 1.04 bits per heavy atom. The molecule has 3 aromatic rings. The van der Waals surface area contributed by atoms with Gasteiger partial charge in [-0.1, -0.05) is 30.3 Å². The van der Waals surface area contributed by atoms with Gasteiger partial charge in [-0.25, -0.2) is 0 Å². The maximum absolute atomic E-state index is 12.4. The number of carbonyl (C=O) groups excluding carboxylic acids is 1. The molecule has 0 unspecified atom stereocenters. The number of nitrogens with one attached hydrogen (secondary N) is 1. The first-order valence-corrected chi connectivity index (χ1v) is 9.55. The molecule has 0 aromatic heterocycles. The van der Waals surface area contributed by atoms with Crippen LogP contribution in [0.25, 0.3) is 10.8 Å². The first kappa shape index (κ1) is 18.1. The number of rotatable bonds is 7. The average molecular weight is 367 g/mol. The van der Waals surface area contributed by atoms with Crippen LogP contribution >= 0.6 is 11.8 Å². The average Bonchev–Trinajstić information content (AvgIpc) is 2.70. The Morgan fingerprint density at radius 3 is 2.62 bits per heavy atom. The maximum atomic E-state index is 12.4. The van der Waals surface area contributed by atoms with E-state index in [0.717, 1.165) is 16.0 Å². The summed E-state index contributed by atoms with van der Waals surface area (Å²) in [5, 5.41) is 5.17. The van der Waals surface area contributed by atoms with E-state index in [1.165, 1.54) is 5.39 Å². The van der Waals surface area contributed by atoms with E-state index in [2.05, 4.69) is 17.4 Å². The van der Waals surface area contributed by atoms with E-state index >= 15 is 0 Å². The first-order chi connectivity index (χ1) is 12.7. The van der Waals surface area contributed by atoms with E-state index in [0.29, 0.717) is 24.5 Å². The van der Waals surface area contributed by atoms with Gasteiger partial charge in [-0.3, -0.25) is 4.79 Å². The summed E-state index contributed by atoms with van der Waals surface area (Å²) in [7, 11) is 1.57. The standard InChI is InChI=1S/C21H21NO3S/c1-24-20-14-18(26-2)9-10-19(20)21(23)22-11-12-25-17-8-7-15-5-3-4-6-16(15)13-17/h3-10,13-14H,11-12H2,1-2H3,(H,22,23). The van der Waals surface area contributed by atoms with Gasteiger partial charge in [0.25, 0.3) is 5.91 Å². The van der Waals surface area contributed by atoms with Crippen molar-refractivity contribution in [3.63, 3.8) is 0 Å². The van der Waals surface area contributed by atoms with Crippen LogP contribution < -0.4 is 14.8 Å². The monoisotopic (exact) mass is 367 g/mol. The molecule has 3 rings (SSSR count). The molecule has 0 radical (unpaired) electrons. The molecule has 5 heteroatoms. The van der Waals surface area contributed by atoms with Crippen LogP contribution in [-0.4, -0.2) is 32.4 Å². The molecule has 0 aliphatic rings. The normalized spacial score (nSPS) is 10.5. The van der Waals surface area contributed by atoms with Crippen molar-refractivity contribution in [2.45, 2.75) is 4.90 Å². The lowest BCUT2D eigenvalue weighted by molar-refractivity contribution is 0.0944. The maximum Gasteiger partial charge on any atom is 0.255 e. The summed E-state index contributed by atoms with van der Waals surface area (Å²) in [6.07, 6.45) is 1.98. The Morgan fingerprint density at radius 2 is 1.85 bits per heavy atom. The number of carbonyl (C=O) groups is 1. The zero-order valence-corrected chi connectivity index (χ0v) is 15.6. The first-order valence-electron chi connectivity index (χ1n) is 8.33. The quantitative estimate of drug-likeness (QED) is 0.497. The van der Waals surface area contributed by atoms with Crippen molar-refractivity contribution >= 4 is 28.4 Å². The number of fused-ring (bicyclic) bond motifs is 1. The fraction of sp³-hybridized carbons (Fsp3) is 0.190. The highest BCUT2D eigenvalue weighted by atomic mass is 32.2. The number of hydrogen-bond acceptors (Lipinski definition) is 4. The highest BCUT2D eigenvalue weighted by Gasteiger charge is 2.12. The molecule has 3 aromatic carbocycles. The predicted molar refractivity (Wildman–Crippen MR) is 107 cm³/mol. The van der Waals surface area contributed by atoms with Crippen LogP contribution in [0.15, 0.2) is 65.6 Å². The Bertz CT molecular complexity index is 911. The van der Waals surface area contributed by atoms with E-state index in [4.69, 9.17) is 9.47 Å². The number of amides is 1. The fourth-order valence-corrected chi connectivity index (χ4v) is 3.10. The van der Waals surface area contributed by atoms with Gasteiger partial charge in [0.1, 0.15) is 18.1 Å². The molecule has 4 nitrogen and oxygen atoms in total. The molecular formula is C21H21NO3S. The van der Waals surface area contributed by atoms with Crippen LogP contribution in [0.4, 0.5) is 0 Å². The minimum absolute atomic E-state index is 0.170. The SMILES string of the molecule is COc1cc(SC)ccc1C(=O)NCCOc1ccc2ccccc2c1. The fourth-order valence-electron chi connectivity index (χ4n) is 2.67. The van der Waals surface area contributed by atoms with Gasteiger partial charge in [-0.2, -0.15) is 0 Å². The molecule has 26 heavy (non-hydrogen) atoms. The molecule has 0 fully saturated rings. The second-order valence-corrected chi connectivity index (χ2v) is 6.56. The molecule has 0 bridgehead atoms. The van der Waals surface area contributed by atoms with E-state index < -0.39 is 0 Å². The van der Waals surface area contributed by atoms with Gasteiger partial charge in [0.2, 0.25) is 0 Å². The molecule has 0 atom stereocenters. The lowest BCUT2D eigenvalue weighted by Gasteiger charge is -2.11. The summed E-state index contributed by atoms with van der Waals surface area (Å²) in [4.78, 5) is 13.4. The molecule has 0 saturated carbocycles. The van der Waals surface area contributed by atoms with Crippen molar-refractivity contribution in [3.8, 4) is 11.5 Å². The molecule has 1 N–H and O–H groups in total. The van der Waals surface area contributed by atoms with E-state index in [9.17, 15) is 4.79 Å². The molecule has 0 heterocycles. The summed E-state index contributed by atoms with van der Waals surface area (Å²) in [6, 6.07) is 19.7. The summed E-state index contributed by atoms with van der Waals surface area (Å²) in [6.45, 7) is 0.814. The van der Waals surface area contributed by atoms with Crippen molar-refractivity contribution in [2.75, 3.05) is 26.5 Å². The van der Waals surface area contributed by atoms with Gasteiger partial charge >= 0.3 is 0 Å². The molecular weight excluding hydrogens is 346 g/mol. The topological polar surface area (TPSA) is 47.6 Å². The van der Waals surface area contributed by atoms with Crippen LogP contribution in [0.2, 0.25) is 0 Å². The Labute approximate surface area is 157 Å². The Kier molecular flexibility index (Phi) is 6.02. The minimum atomic E-state index is -0.170. The third-order valence-corrected chi connectivity index (χ3v) is 4.76. The summed E-state index contributed by atoms with van der Waals surface area (Å²) in [5.41, 5.74) is 0.524. The van der Waals surface area contributed by atoms with E-state index in [1.807, 2.05) is 48.7 Å². The minimum Gasteiger partial charge on any atom is -0.496 e. The highest BCUT2D eigenvalue weighted by molar-refractivity contribution is 7.98. The van der Waals surface area contributed by atoms with Crippen LogP contribution in [0.5, 0.6) is 11.5 Å². The number of methoxy groups -OCH3 is 1. The van der Waals surface area contributed by atoms with Gasteiger partial charge in [0.15, 0.2) is 0 Å². The Balaban J connectivity index is 1.55. The highest BCUT2D eigenvalue weighted by Crippen LogP contribution is 2.25. The third kappa shape index (κ3) is 4.29. The zero-order chi connectivity index (χ0) is 18.4. The van der Waals surface area contributed by atoms with E-state index in [-0.39, 0.29) is 5.91 Å². The number of hydrogen-bond donors (Lipinski definition) is 1. The smallest absolute Gasteiger partial charge is 0.255 e. The molecule has 0 saturated heterocycles. The predicted octanol–water partition coefficient (Wildman–Crippen LogP) is 4.38. The third-order valence-electron chi connectivity index (χ3n) is 4.03. The lowest BCUT2D eigenvalue weighted by Crippen LogP contribution is -2.28. The van der Waals surface area contributed by atoms with Crippen molar-refractivity contribution < 1.29 is 14.3 Å². The van der Waals surface area contributed by atoms with Gasteiger partial charge in [-0.05, 0) is 47.4 Å². The van der Waals surface area contributed by atoms with Crippen LogP contribution in [0, 0.1) is 0 Å². The van der Waals surface area contributed by atoms with Crippen molar-refractivity contribution in [3.05, 3.63) is 66.2 Å². The number of benzene rings is 3. The second kappa shape index (κ2) is 8.63. The molecule has 134 valence electrons.